The first kappa shape index (κ1) is 16.5. The van der Waals surface area contributed by atoms with E-state index in [1.807, 2.05) is 36.4 Å². The van der Waals surface area contributed by atoms with E-state index in [2.05, 4.69) is 24.1 Å². The number of benzene rings is 2. The molecule has 2 aromatic carbocycles. The van der Waals surface area contributed by atoms with Gasteiger partial charge in [0.15, 0.2) is 0 Å². The molecule has 0 atom stereocenters. The number of aromatic hydroxyl groups is 1. The summed E-state index contributed by atoms with van der Waals surface area (Å²) in [5, 5.41) is 13.2. The van der Waals surface area contributed by atoms with Crippen molar-refractivity contribution in [2.75, 3.05) is 23.3 Å². The van der Waals surface area contributed by atoms with Crippen LogP contribution in [0, 0.1) is 0 Å². The summed E-state index contributed by atoms with van der Waals surface area (Å²) >= 11 is 1.42. The van der Waals surface area contributed by atoms with E-state index < -0.39 is 0 Å². The van der Waals surface area contributed by atoms with Crippen molar-refractivity contribution in [3.63, 3.8) is 0 Å². The van der Waals surface area contributed by atoms with E-state index in [4.69, 9.17) is 0 Å². The van der Waals surface area contributed by atoms with Gasteiger partial charge in [0.1, 0.15) is 5.75 Å². The maximum atomic E-state index is 12.3. The maximum Gasteiger partial charge on any atom is 0.262 e. The number of anilines is 2. The summed E-state index contributed by atoms with van der Waals surface area (Å²) < 4.78 is 0. The van der Waals surface area contributed by atoms with Crippen LogP contribution in [0.1, 0.15) is 19.4 Å². The zero-order valence-corrected chi connectivity index (χ0v) is 14.6. The molecule has 24 heavy (non-hydrogen) atoms. The van der Waals surface area contributed by atoms with Crippen molar-refractivity contribution in [3.8, 4) is 5.75 Å². The van der Waals surface area contributed by atoms with Crippen molar-refractivity contribution >= 4 is 35.1 Å². The summed E-state index contributed by atoms with van der Waals surface area (Å²) in [6.07, 6.45) is 1.73. The third-order valence-corrected chi connectivity index (χ3v) is 5.11. The number of para-hydroxylation sites is 1. The van der Waals surface area contributed by atoms with Crippen LogP contribution >= 0.6 is 11.8 Å². The lowest BCUT2D eigenvalue weighted by Gasteiger charge is -2.21. The smallest absolute Gasteiger partial charge is 0.262 e. The van der Waals surface area contributed by atoms with Crippen LogP contribution in [0.3, 0.4) is 0 Å². The molecule has 5 heteroatoms. The standard InChI is InChI=1S/C19H20N2O2S/c1-3-21(4-2)14-10-9-13(16(22)12-14)11-18-19(23)20-15-7-5-6-8-17(15)24-18/h5-12,22H,3-4H2,1-2H3,(H,20,23)/b18-11-. The van der Waals surface area contributed by atoms with Crippen molar-refractivity contribution in [3.05, 3.63) is 52.9 Å². The molecule has 3 rings (SSSR count). The number of hydrogen-bond donors (Lipinski definition) is 2. The largest absolute Gasteiger partial charge is 0.507 e. The van der Waals surface area contributed by atoms with Crippen LogP contribution in [-0.2, 0) is 4.79 Å². The van der Waals surface area contributed by atoms with Crippen LogP contribution in [0.5, 0.6) is 5.75 Å². The van der Waals surface area contributed by atoms with E-state index >= 15 is 0 Å². The molecule has 0 saturated heterocycles. The lowest BCUT2D eigenvalue weighted by Crippen LogP contribution is -2.21. The van der Waals surface area contributed by atoms with Gasteiger partial charge in [0.05, 0.1) is 10.6 Å². The molecule has 1 aliphatic heterocycles. The molecule has 0 bridgehead atoms. The molecule has 1 heterocycles. The minimum absolute atomic E-state index is 0.147. The quantitative estimate of drug-likeness (QED) is 0.814. The first-order valence-electron chi connectivity index (χ1n) is 8.00. The van der Waals surface area contributed by atoms with Crippen molar-refractivity contribution in [2.24, 2.45) is 0 Å². The molecule has 0 saturated carbocycles. The fourth-order valence-electron chi connectivity index (χ4n) is 2.68. The van der Waals surface area contributed by atoms with Gasteiger partial charge in [-0.25, -0.2) is 0 Å². The molecule has 1 aliphatic rings. The van der Waals surface area contributed by atoms with Crippen LogP contribution < -0.4 is 10.2 Å². The Morgan fingerprint density at radius 1 is 1.17 bits per heavy atom. The third kappa shape index (κ3) is 3.26. The zero-order chi connectivity index (χ0) is 17.1. The van der Waals surface area contributed by atoms with Gasteiger partial charge in [-0.15, -0.1) is 0 Å². The number of phenols is 1. The number of nitrogens with zero attached hydrogens (tertiary/aromatic N) is 1. The Morgan fingerprint density at radius 2 is 1.92 bits per heavy atom. The SMILES string of the molecule is CCN(CC)c1ccc(/C=C2\Sc3ccccc3NC2=O)c(O)c1. The highest BCUT2D eigenvalue weighted by Gasteiger charge is 2.21. The van der Waals surface area contributed by atoms with Crippen molar-refractivity contribution in [2.45, 2.75) is 18.7 Å². The molecular weight excluding hydrogens is 320 g/mol. The predicted molar refractivity (Wildman–Crippen MR) is 101 cm³/mol. The van der Waals surface area contributed by atoms with Crippen LogP contribution in [0.4, 0.5) is 11.4 Å². The van der Waals surface area contributed by atoms with Gasteiger partial charge in [-0.3, -0.25) is 4.79 Å². The minimum Gasteiger partial charge on any atom is -0.507 e. The Labute approximate surface area is 146 Å². The van der Waals surface area contributed by atoms with Gasteiger partial charge in [-0.1, -0.05) is 23.9 Å². The Morgan fingerprint density at radius 3 is 2.62 bits per heavy atom. The van der Waals surface area contributed by atoms with Crippen LogP contribution in [0.15, 0.2) is 52.3 Å². The van der Waals surface area contributed by atoms with Gasteiger partial charge in [0.25, 0.3) is 5.91 Å². The molecule has 2 N–H and O–H groups in total. The number of carbonyl (C=O) groups excluding carboxylic acids is 1. The molecule has 2 aromatic rings. The number of fused-ring (bicyclic) bond motifs is 1. The number of nitrogens with one attached hydrogen (secondary N) is 1. The topological polar surface area (TPSA) is 52.6 Å². The fraction of sp³-hybridized carbons (Fsp3) is 0.211. The minimum atomic E-state index is -0.147. The van der Waals surface area contributed by atoms with E-state index in [1.165, 1.54) is 11.8 Å². The molecular formula is C19H20N2O2S. The number of amides is 1. The highest BCUT2D eigenvalue weighted by Crippen LogP contribution is 2.39. The van der Waals surface area contributed by atoms with Gasteiger partial charge in [0.2, 0.25) is 0 Å². The Bertz CT molecular complexity index is 798. The first-order chi connectivity index (χ1) is 11.6. The van der Waals surface area contributed by atoms with Crippen molar-refractivity contribution in [1.82, 2.24) is 0 Å². The summed E-state index contributed by atoms with van der Waals surface area (Å²) in [7, 11) is 0. The summed E-state index contributed by atoms with van der Waals surface area (Å²) in [5.41, 5.74) is 2.44. The van der Waals surface area contributed by atoms with E-state index in [9.17, 15) is 9.90 Å². The highest BCUT2D eigenvalue weighted by atomic mass is 32.2. The molecule has 4 nitrogen and oxygen atoms in total. The molecule has 0 fully saturated rings. The van der Waals surface area contributed by atoms with Crippen LogP contribution in [0.2, 0.25) is 0 Å². The average Bonchev–Trinajstić information content (AvgIpc) is 2.59. The predicted octanol–water partition coefficient (Wildman–Crippen LogP) is 4.32. The molecule has 0 aromatic heterocycles. The molecule has 0 spiro atoms. The van der Waals surface area contributed by atoms with Crippen molar-refractivity contribution in [1.29, 1.82) is 0 Å². The second kappa shape index (κ2) is 7.01. The maximum absolute atomic E-state index is 12.3. The van der Waals surface area contributed by atoms with Gasteiger partial charge in [-0.2, -0.15) is 0 Å². The van der Waals surface area contributed by atoms with E-state index in [0.717, 1.165) is 29.4 Å². The molecule has 124 valence electrons. The third-order valence-electron chi connectivity index (χ3n) is 4.01. The lowest BCUT2D eigenvalue weighted by molar-refractivity contribution is -0.112. The Hall–Kier alpha value is -2.40. The summed E-state index contributed by atoms with van der Waals surface area (Å²) in [6.45, 7) is 5.92. The van der Waals surface area contributed by atoms with E-state index in [-0.39, 0.29) is 11.7 Å². The van der Waals surface area contributed by atoms with Gasteiger partial charge < -0.3 is 15.3 Å². The Balaban J connectivity index is 1.90. The number of rotatable bonds is 4. The first-order valence-corrected chi connectivity index (χ1v) is 8.82. The number of hydrogen-bond acceptors (Lipinski definition) is 4. The summed E-state index contributed by atoms with van der Waals surface area (Å²) in [5.74, 6) is 0.0325. The normalized spacial score (nSPS) is 15.1. The molecule has 1 amide bonds. The van der Waals surface area contributed by atoms with E-state index in [1.54, 1.807) is 12.1 Å². The van der Waals surface area contributed by atoms with Gasteiger partial charge >= 0.3 is 0 Å². The van der Waals surface area contributed by atoms with E-state index in [0.29, 0.717) is 10.5 Å². The second-order valence-corrected chi connectivity index (χ2v) is 6.56. The zero-order valence-electron chi connectivity index (χ0n) is 13.7. The van der Waals surface area contributed by atoms with Crippen LogP contribution in [0.25, 0.3) is 6.08 Å². The molecule has 0 aliphatic carbocycles. The average molecular weight is 340 g/mol. The fourth-order valence-corrected chi connectivity index (χ4v) is 3.63. The number of phenolic OH excluding ortho intramolecular Hbond substituents is 1. The monoisotopic (exact) mass is 340 g/mol. The molecule has 0 radical (unpaired) electrons. The van der Waals surface area contributed by atoms with Gasteiger partial charge in [-0.05, 0) is 44.2 Å². The second-order valence-electron chi connectivity index (χ2n) is 5.48. The van der Waals surface area contributed by atoms with Crippen molar-refractivity contribution < 1.29 is 9.90 Å². The lowest BCUT2D eigenvalue weighted by atomic mass is 10.1. The molecule has 0 unspecified atom stereocenters. The summed E-state index contributed by atoms with van der Waals surface area (Å²) in [6, 6.07) is 13.3. The highest BCUT2D eigenvalue weighted by molar-refractivity contribution is 8.04. The number of thioether (sulfide) groups is 1. The Kier molecular flexibility index (Phi) is 4.81. The van der Waals surface area contributed by atoms with Gasteiger partial charge in [0, 0.05) is 35.3 Å². The van der Waals surface area contributed by atoms with Crippen LogP contribution in [-0.4, -0.2) is 24.1 Å². The summed E-state index contributed by atoms with van der Waals surface area (Å²) in [4.78, 5) is 16.0. The number of carbonyl (C=O) groups is 1.